The molecule has 1 rings (SSSR count). The van der Waals surface area contributed by atoms with Crippen molar-refractivity contribution in [2.24, 2.45) is 0 Å². The van der Waals surface area contributed by atoms with Crippen molar-refractivity contribution < 1.29 is 4.42 Å². The second-order valence-corrected chi connectivity index (χ2v) is 5.52. The number of rotatable bonds is 4. The molecule has 0 amide bonds. The van der Waals surface area contributed by atoms with Gasteiger partial charge in [0.25, 0.3) is 0 Å². The average Bonchev–Trinajstić information content (AvgIpc) is 2.37. The summed E-state index contributed by atoms with van der Waals surface area (Å²) in [6.07, 6.45) is 3.84. The van der Waals surface area contributed by atoms with Gasteiger partial charge in [0.2, 0.25) is 0 Å². The minimum absolute atomic E-state index is 1.02. The third kappa shape index (κ3) is 3.05. The third-order valence-electron chi connectivity index (χ3n) is 1.13. The van der Waals surface area contributed by atoms with Crippen LogP contribution in [0.25, 0.3) is 0 Å². The summed E-state index contributed by atoms with van der Waals surface area (Å²) in [7, 11) is 3.63. The first-order chi connectivity index (χ1) is 5.34. The van der Waals surface area contributed by atoms with Gasteiger partial charge in [-0.15, -0.1) is 0 Å². The Labute approximate surface area is 79.1 Å². The SMILES string of the molecule is CSCSSc1ccoc1C. The summed E-state index contributed by atoms with van der Waals surface area (Å²) in [5, 5.41) is 1.12. The number of aryl methyl sites for hydroxylation is 1. The largest absolute Gasteiger partial charge is 0.468 e. The number of hydrogen-bond acceptors (Lipinski definition) is 4. The molecule has 1 aromatic heterocycles. The lowest BCUT2D eigenvalue weighted by molar-refractivity contribution is 0.527. The molecule has 1 aromatic rings. The first kappa shape index (κ1) is 9.42. The molecule has 0 aromatic carbocycles. The summed E-state index contributed by atoms with van der Waals surface area (Å²) in [5.74, 6) is 1.02. The Bertz CT molecular complexity index is 209. The summed E-state index contributed by atoms with van der Waals surface area (Å²) in [6.45, 7) is 1.99. The average molecular weight is 206 g/mol. The molecular weight excluding hydrogens is 196 g/mol. The highest BCUT2D eigenvalue weighted by molar-refractivity contribution is 8.78. The topological polar surface area (TPSA) is 13.1 Å². The molecule has 0 aliphatic rings. The predicted octanol–water partition coefficient (Wildman–Crippen LogP) is 3.65. The van der Waals surface area contributed by atoms with Crippen LogP contribution in [0.2, 0.25) is 0 Å². The van der Waals surface area contributed by atoms with Crippen molar-refractivity contribution in [3.63, 3.8) is 0 Å². The van der Waals surface area contributed by atoms with E-state index in [1.165, 1.54) is 4.90 Å². The van der Waals surface area contributed by atoms with Gasteiger partial charge in [-0.2, -0.15) is 11.8 Å². The van der Waals surface area contributed by atoms with Crippen LogP contribution >= 0.6 is 33.3 Å². The monoisotopic (exact) mass is 206 g/mol. The van der Waals surface area contributed by atoms with E-state index in [0.717, 1.165) is 10.8 Å². The van der Waals surface area contributed by atoms with Gasteiger partial charge in [-0.3, -0.25) is 0 Å². The normalized spacial score (nSPS) is 10.4. The summed E-state index contributed by atoms with van der Waals surface area (Å²) in [5.41, 5.74) is 0. The van der Waals surface area contributed by atoms with Crippen molar-refractivity contribution in [2.45, 2.75) is 11.8 Å². The minimum Gasteiger partial charge on any atom is -0.468 e. The van der Waals surface area contributed by atoms with E-state index in [1.807, 2.05) is 35.5 Å². The Hall–Kier alpha value is 0.330. The van der Waals surface area contributed by atoms with Crippen molar-refractivity contribution in [2.75, 3.05) is 11.3 Å². The van der Waals surface area contributed by atoms with Crippen LogP contribution in [0.15, 0.2) is 21.6 Å². The zero-order chi connectivity index (χ0) is 8.10. The zero-order valence-electron chi connectivity index (χ0n) is 6.49. The zero-order valence-corrected chi connectivity index (χ0v) is 8.94. The summed E-state index contributed by atoms with van der Waals surface area (Å²) in [4.78, 5) is 1.24. The number of thioether (sulfide) groups is 1. The molecular formula is C7H10OS3. The summed E-state index contributed by atoms with van der Waals surface area (Å²) >= 11 is 1.84. The van der Waals surface area contributed by atoms with Crippen LogP contribution in [-0.2, 0) is 0 Å². The first-order valence-electron chi connectivity index (χ1n) is 3.17. The van der Waals surface area contributed by atoms with Crippen molar-refractivity contribution in [3.05, 3.63) is 18.1 Å². The van der Waals surface area contributed by atoms with Gasteiger partial charge in [-0.1, -0.05) is 21.6 Å². The molecule has 4 heteroatoms. The smallest absolute Gasteiger partial charge is 0.115 e. The Morgan fingerprint density at radius 2 is 2.36 bits per heavy atom. The Morgan fingerprint density at radius 3 is 2.91 bits per heavy atom. The van der Waals surface area contributed by atoms with E-state index in [9.17, 15) is 0 Å². The van der Waals surface area contributed by atoms with Gasteiger partial charge in [-0.05, 0) is 19.2 Å². The van der Waals surface area contributed by atoms with Crippen LogP contribution < -0.4 is 0 Å². The summed E-state index contributed by atoms with van der Waals surface area (Å²) < 4.78 is 5.15. The van der Waals surface area contributed by atoms with Crippen LogP contribution in [0.5, 0.6) is 0 Å². The van der Waals surface area contributed by atoms with Crippen LogP contribution in [0.1, 0.15) is 5.76 Å². The molecule has 0 atom stereocenters. The lowest BCUT2D eigenvalue weighted by Crippen LogP contribution is -1.66. The van der Waals surface area contributed by atoms with E-state index in [1.54, 1.807) is 17.1 Å². The molecule has 0 fully saturated rings. The van der Waals surface area contributed by atoms with Crippen molar-refractivity contribution in [3.8, 4) is 0 Å². The second-order valence-electron chi connectivity index (χ2n) is 1.95. The van der Waals surface area contributed by atoms with Crippen molar-refractivity contribution in [1.29, 1.82) is 0 Å². The third-order valence-corrected chi connectivity index (χ3v) is 4.93. The molecule has 0 spiro atoms. The van der Waals surface area contributed by atoms with E-state index in [0.29, 0.717) is 0 Å². The van der Waals surface area contributed by atoms with E-state index < -0.39 is 0 Å². The van der Waals surface area contributed by atoms with Gasteiger partial charge in [0.05, 0.1) is 11.2 Å². The maximum absolute atomic E-state index is 5.15. The lowest BCUT2D eigenvalue weighted by atomic mass is 10.5. The molecule has 0 radical (unpaired) electrons. The number of hydrogen-bond donors (Lipinski definition) is 0. The molecule has 0 saturated carbocycles. The van der Waals surface area contributed by atoms with E-state index in [-0.39, 0.29) is 0 Å². The highest BCUT2D eigenvalue weighted by atomic mass is 33.1. The van der Waals surface area contributed by atoms with Crippen LogP contribution in [0, 0.1) is 6.92 Å². The van der Waals surface area contributed by atoms with Gasteiger partial charge in [0, 0.05) is 5.08 Å². The second kappa shape index (κ2) is 5.06. The molecule has 62 valence electrons. The maximum Gasteiger partial charge on any atom is 0.115 e. The Kier molecular flexibility index (Phi) is 4.33. The Morgan fingerprint density at radius 1 is 1.55 bits per heavy atom. The van der Waals surface area contributed by atoms with Crippen LogP contribution in [-0.4, -0.2) is 11.3 Å². The molecule has 1 heterocycles. The molecule has 0 aliphatic heterocycles. The minimum atomic E-state index is 1.02. The predicted molar refractivity (Wildman–Crippen MR) is 55.3 cm³/mol. The Balaban J connectivity index is 2.32. The quantitative estimate of drug-likeness (QED) is 0.423. The molecule has 0 bridgehead atoms. The molecule has 0 aliphatic carbocycles. The highest BCUT2D eigenvalue weighted by Crippen LogP contribution is 2.35. The van der Waals surface area contributed by atoms with Gasteiger partial charge in [0.15, 0.2) is 0 Å². The molecule has 1 nitrogen and oxygen atoms in total. The van der Waals surface area contributed by atoms with E-state index >= 15 is 0 Å². The highest BCUT2D eigenvalue weighted by Gasteiger charge is 2.00. The van der Waals surface area contributed by atoms with Crippen molar-refractivity contribution >= 4 is 33.3 Å². The van der Waals surface area contributed by atoms with Gasteiger partial charge >= 0.3 is 0 Å². The molecule has 0 saturated heterocycles. The molecule has 0 unspecified atom stereocenters. The summed E-state index contributed by atoms with van der Waals surface area (Å²) in [6, 6.07) is 2.01. The fourth-order valence-corrected chi connectivity index (χ4v) is 3.77. The number of furan rings is 1. The van der Waals surface area contributed by atoms with Gasteiger partial charge in [-0.25, -0.2) is 0 Å². The van der Waals surface area contributed by atoms with Crippen LogP contribution in [0.4, 0.5) is 0 Å². The fraction of sp³-hybridized carbons (Fsp3) is 0.429. The van der Waals surface area contributed by atoms with E-state index in [2.05, 4.69) is 6.26 Å². The maximum atomic E-state index is 5.15. The lowest BCUT2D eigenvalue weighted by Gasteiger charge is -1.95. The first-order valence-corrected chi connectivity index (χ1v) is 6.88. The van der Waals surface area contributed by atoms with Gasteiger partial charge < -0.3 is 4.42 Å². The van der Waals surface area contributed by atoms with Crippen molar-refractivity contribution in [1.82, 2.24) is 0 Å². The standard InChI is InChI=1S/C7H10OS3/c1-6-7(3-4-8-6)11-10-5-9-2/h3-4H,5H2,1-2H3. The van der Waals surface area contributed by atoms with E-state index in [4.69, 9.17) is 4.42 Å². The van der Waals surface area contributed by atoms with Gasteiger partial charge in [0.1, 0.15) is 5.76 Å². The fourth-order valence-electron chi connectivity index (χ4n) is 0.595. The molecule has 0 N–H and O–H groups in total. The molecule has 11 heavy (non-hydrogen) atoms. The van der Waals surface area contributed by atoms with Crippen LogP contribution in [0.3, 0.4) is 0 Å².